The average molecular weight is 350 g/mol. The van der Waals surface area contributed by atoms with Crippen LogP contribution in [0.2, 0.25) is 0 Å². The van der Waals surface area contributed by atoms with Gasteiger partial charge in [-0.25, -0.2) is 13.1 Å². The van der Waals surface area contributed by atoms with Crippen molar-refractivity contribution in [3.63, 3.8) is 0 Å². The Bertz CT molecular complexity index is 790. The van der Waals surface area contributed by atoms with Gasteiger partial charge in [-0.1, -0.05) is 31.6 Å². The predicted octanol–water partition coefficient (Wildman–Crippen LogP) is 3.08. The second-order valence-electron chi connectivity index (χ2n) is 7.25. The van der Waals surface area contributed by atoms with Gasteiger partial charge in [0.2, 0.25) is 15.9 Å². The lowest BCUT2D eigenvalue weighted by molar-refractivity contribution is -0.118. The van der Waals surface area contributed by atoms with Crippen LogP contribution in [0.25, 0.3) is 0 Å². The highest BCUT2D eigenvalue weighted by atomic mass is 32.2. The Morgan fingerprint density at radius 1 is 1.25 bits per heavy atom. The van der Waals surface area contributed by atoms with E-state index in [2.05, 4.69) is 30.0 Å². The lowest BCUT2D eigenvalue weighted by atomic mass is 10.1. The maximum Gasteiger partial charge on any atom is 0.240 e. The van der Waals surface area contributed by atoms with Crippen LogP contribution in [-0.2, 0) is 14.8 Å². The van der Waals surface area contributed by atoms with Crippen molar-refractivity contribution in [1.29, 1.82) is 0 Å². The number of rotatable bonds is 5. The van der Waals surface area contributed by atoms with Crippen LogP contribution < -0.4 is 10.0 Å². The molecule has 132 valence electrons. The summed E-state index contributed by atoms with van der Waals surface area (Å²) >= 11 is 0. The summed E-state index contributed by atoms with van der Waals surface area (Å²) in [6.45, 7) is 9.93. The van der Waals surface area contributed by atoms with Gasteiger partial charge in [-0.15, -0.1) is 0 Å². The number of anilines is 1. The lowest BCUT2D eigenvalue weighted by Crippen LogP contribution is -2.21. The van der Waals surface area contributed by atoms with Crippen molar-refractivity contribution in [2.45, 2.75) is 39.5 Å². The Hall–Kier alpha value is -1.66. The zero-order chi connectivity index (χ0) is 18.3. The molecule has 5 nitrogen and oxygen atoms in total. The van der Waals surface area contributed by atoms with E-state index in [9.17, 15) is 13.2 Å². The van der Waals surface area contributed by atoms with Crippen LogP contribution in [0.5, 0.6) is 0 Å². The molecule has 0 aliphatic heterocycles. The SMILES string of the molecule is CNS(=O)(=O)c1cc(NC(=O)[C@@H]2[C@H](C=C(C)C)C2(C)C)ccc1C. The maximum absolute atomic E-state index is 12.6. The molecule has 2 rings (SSSR count). The van der Waals surface area contributed by atoms with Crippen LogP contribution in [-0.4, -0.2) is 21.4 Å². The summed E-state index contributed by atoms with van der Waals surface area (Å²) < 4.78 is 26.4. The van der Waals surface area contributed by atoms with Gasteiger partial charge in [0, 0.05) is 5.69 Å². The molecule has 24 heavy (non-hydrogen) atoms. The Kier molecular flexibility index (Phi) is 4.93. The minimum Gasteiger partial charge on any atom is -0.326 e. The van der Waals surface area contributed by atoms with E-state index in [1.54, 1.807) is 19.1 Å². The number of aryl methyl sites for hydroxylation is 1. The number of benzene rings is 1. The van der Waals surface area contributed by atoms with E-state index in [4.69, 9.17) is 0 Å². The maximum atomic E-state index is 12.6. The number of carbonyl (C=O) groups is 1. The number of sulfonamides is 1. The van der Waals surface area contributed by atoms with Crippen LogP contribution in [0, 0.1) is 24.2 Å². The molecule has 1 aromatic carbocycles. The number of allylic oxidation sites excluding steroid dienone is 2. The minimum absolute atomic E-state index is 0.0702. The monoisotopic (exact) mass is 350 g/mol. The molecule has 0 heterocycles. The van der Waals surface area contributed by atoms with Crippen LogP contribution in [0.1, 0.15) is 33.3 Å². The van der Waals surface area contributed by atoms with Crippen molar-refractivity contribution in [3.05, 3.63) is 35.4 Å². The van der Waals surface area contributed by atoms with Crippen LogP contribution in [0.15, 0.2) is 34.7 Å². The fourth-order valence-corrected chi connectivity index (χ4v) is 4.14. The van der Waals surface area contributed by atoms with E-state index in [0.717, 1.165) is 0 Å². The first kappa shape index (κ1) is 18.7. The smallest absolute Gasteiger partial charge is 0.240 e. The first-order chi connectivity index (χ1) is 11.0. The molecule has 1 aliphatic carbocycles. The molecular formula is C18H26N2O3S. The predicted molar refractivity (Wildman–Crippen MR) is 96.2 cm³/mol. The first-order valence-corrected chi connectivity index (χ1v) is 9.49. The molecule has 1 fully saturated rings. The standard InChI is InChI=1S/C18H26N2O3S/c1-11(2)9-14-16(18(14,4)5)17(21)20-13-8-7-12(3)15(10-13)24(22,23)19-6/h7-10,14,16,19H,1-6H3,(H,20,21)/t14-,16-/m0/s1. The summed E-state index contributed by atoms with van der Waals surface area (Å²) in [4.78, 5) is 12.8. The summed E-state index contributed by atoms with van der Waals surface area (Å²) in [6.07, 6.45) is 2.14. The number of nitrogens with one attached hydrogen (secondary N) is 2. The van der Waals surface area contributed by atoms with Crippen LogP contribution >= 0.6 is 0 Å². The summed E-state index contributed by atoms with van der Waals surface area (Å²) in [6, 6.07) is 4.93. The highest BCUT2D eigenvalue weighted by Crippen LogP contribution is 2.59. The van der Waals surface area contributed by atoms with E-state index in [0.29, 0.717) is 11.3 Å². The second kappa shape index (κ2) is 6.33. The van der Waals surface area contributed by atoms with Gasteiger partial charge in [-0.3, -0.25) is 4.79 Å². The topological polar surface area (TPSA) is 75.3 Å². The molecule has 0 aromatic heterocycles. The number of carbonyl (C=O) groups excluding carboxylic acids is 1. The van der Waals surface area contributed by atoms with Gasteiger partial charge in [0.05, 0.1) is 10.8 Å². The molecule has 1 amide bonds. The lowest BCUT2D eigenvalue weighted by Gasteiger charge is -2.11. The number of hydrogen-bond donors (Lipinski definition) is 2. The third-order valence-electron chi connectivity index (χ3n) is 4.72. The van der Waals surface area contributed by atoms with E-state index in [1.807, 2.05) is 13.8 Å². The van der Waals surface area contributed by atoms with Gasteiger partial charge in [-0.05, 0) is 56.8 Å². The molecule has 1 aromatic rings. The molecule has 0 spiro atoms. The third kappa shape index (κ3) is 3.54. The summed E-state index contributed by atoms with van der Waals surface area (Å²) in [5.74, 6) is 0.0469. The summed E-state index contributed by atoms with van der Waals surface area (Å²) in [7, 11) is -2.18. The molecule has 0 unspecified atom stereocenters. The molecule has 1 saturated carbocycles. The van der Waals surface area contributed by atoms with Crippen molar-refractivity contribution in [2.24, 2.45) is 17.3 Å². The van der Waals surface area contributed by atoms with Crippen molar-refractivity contribution < 1.29 is 13.2 Å². The minimum atomic E-state index is -3.55. The van der Waals surface area contributed by atoms with Gasteiger partial charge in [0.1, 0.15) is 0 Å². The fourth-order valence-electron chi connectivity index (χ4n) is 3.15. The fraction of sp³-hybridized carbons (Fsp3) is 0.500. The van der Waals surface area contributed by atoms with Crippen molar-refractivity contribution in [3.8, 4) is 0 Å². The highest BCUT2D eigenvalue weighted by molar-refractivity contribution is 7.89. The molecule has 0 saturated heterocycles. The second-order valence-corrected chi connectivity index (χ2v) is 9.10. The summed E-state index contributed by atoms with van der Waals surface area (Å²) in [5, 5.41) is 2.87. The first-order valence-electron chi connectivity index (χ1n) is 8.01. The zero-order valence-corrected chi connectivity index (χ0v) is 15.9. The largest absolute Gasteiger partial charge is 0.326 e. The summed E-state index contributed by atoms with van der Waals surface area (Å²) in [5.41, 5.74) is 2.25. The van der Waals surface area contributed by atoms with Crippen LogP contribution in [0.4, 0.5) is 5.69 Å². The molecule has 0 radical (unpaired) electrons. The van der Waals surface area contributed by atoms with E-state index in [-0.39, 0.29) is 28.1 Å². The van der Waals surface area contributed by atoms with Gasteiger partial charge in [-0.2, -0.15) is 0 Å². The van der Waals surface area contributed by atoms with Crippen molar-refractivity contribution in [2.75, 3.05) is 12.4 Å². The third-order valence-corrected chi connectivity index (χ3v) is 6.28. The molecule has 1 aliphatic rings. The normalized spacial score (nSPS) is 21.9. The van der Waals surface area contributed by atoms with Crippen LogP contribution in [0.3, 0.4) is 0 Å². The Morgan fingerprint density at radius 3 is 2.42 bits per heavy atom. The molecule has 2 atom stereocenters. The Labute approximate surface area is 144 Å². The van der Waals surface area contributed by atoms with Crippen molar-refractivity contribution >= 4 is 21.6 Å². The molecule has 2 N–H and O–H groups in total. The van der Waals surface area contributed by atoms with Gasteiger partial charge >= 0.3 is 0 Å². The van der Waals surface area contributed by atoms with Gasteiger partial charge in [0.15, 0.2) is 0 Å². The van der Waals surface area contributed by atoms with E-state index < -0.39 is 10.0 Å². The van der Waals surface area contributed by atoms with E-state index in [1.165, 1.54) is 18.7 Å². The average Bonchev–Trinajstić information content (AvgIpc) is 3.00. The Balaban J connectivity index is 2.22. The van der Waals surface area contributed by atoms with Gasteiger partial charge in [0.25, 0.3) is 0 Å². The number of hydrogen-bond acceptors (Lipinski definition) is 3. The number of amides is 1. The highest BCUT2D eigenvalue weighted by Gasteiger charge is 2.60. The Morgan fingerprint density at radius 2 is 1.88 bits per heavy atom. The zero-order valence-electron chi connectivity index (χ0n) is 15.1. The van der Waals surface area contributed by atoms with Crippen molar-refractivity contribution in [1.82, 2.24) is 4.72 Å². The molecular weight excluding hydrogens is 324 g/mol. The quantitative estimate of drug-likeness (QED) is 0.801. The van der Waals surface area contributed by atoms with E-state index >= 15 is 0 Å². The molecule has 0 bridgehead atoms. The van der Waals surface area contributed by atoms with Gasteiger partial charge < -0.3 is 5.32 Å². The molecule has 6 heteroatoms.